The zero-order valence-corrected chi connectivity index (χ0v) is 19.3. The highest BCUT2D eigenvalue weighted by Crippen LogP contribution is 2.30. The summed E-state index contributed by atoms with van der Waals surface area (Å²) < 4.78 is 32.5. The molecule has 1 aliphatic heterocycles. The quantitative estimate of drug-likeness (QED) is 0.424. The molecule has 4 aromatic rings. The number of nitrogens with one attached hydrogen (secondary N) is 1. The lowest BCUT2D eigenvalue weighted by atomic mass is 9.96. The molecule has 0 aliphatic carbocycles. The first kappa shape index (κ1) is 22.4. The number of hydrogen-bond donors (Lipinski definition) is 1. The fourth-order valence-electron chi connectivity index (χ4n) is 4.67. The van der Waals surface area contributed by atoms with Crippen LogP contribution in [-0.4, -0.2) is 39.2 Å². The minimum Gasteiger partial charge on any atom is -0.434 e. The molecule has 0 amide bonds. The number of ether oxygens (including phenoxy) is 1. The maximum Gasteiger partial charge on any atom is 0.387 e. The molecule has 0 atom stereocenters. The molecule has 0 radical (unpaired) electrons. The van der Waals surface area contributed by atoms with Crippen molar-refractivity contribution in [3.8, 4) is 16.9 Å². The lowest BCUT2D eigenvalue weighted by Gasteiger charge is -2.21. The van der Waals surface area contributed by atoms with Gasteiger partial charge in [0, 0.05) is 28.9 Å². The molecule has 5 rings (SSSR count). The van der Waals surface area contributed by atoms with E-state index in [2.05, 4.69) is 16.4 Å². The van der Waals surface area contributed by atoms with Crippen LogP contribution in [0.1, 0.15) is 41.7 Å². The largest absolute Gasteiger partial charge is 0.434 e. The number of hydrogen-bond acceptors (Lipinski definition) is 5. The van der Waals surface area contributed by atoms with E-state index < -0.39 is 6.61 Å². The Morgan fingerprint density at radius 1 is 1.09 bits per heavy atom. The van der Waals surface area contributed by atoms with Gasteiger partial charge in [-0.25, -0.2) is 15.0 Å². The van der Waals surface area contributed by atoms with Crippen molar-refractivity contribution in [2.45, 2.75) is 45.8 Å². The summed E-state index contributed by atoms with van der Waals surface area (Å²) >= 11 is 0. The van der Waals surface area contributed by atoms with Crippen molar-refractivity contribution in [2.75, 3.05) is 13.1 Å². The van der Waals surface area contributed by atoms with E-state index in [-0.39, 0.29) is 5.75 Å². The van der Waals surface area contributed by atoms with E-state index in [0.29, 0.717) is 18.0 Å². The molecule has 0 bridgehead atoms. The first-order valence-electron chi connectivity index (χ1n) is 11.5. The highest BCUT2D eigenvalue weighted by atomic mass is 19.3. The monoisotopic (exact) mass is 463 g/mol. The standard InChI is InChI=1S/C26H27F2N5O/c1-16-21(14-30-25(31-16)18-9-11-29-12-10-18)19-7-8-22-23(13-19)33(17(2)32-22)15-20-5-3-4-6-24(20)34-26(27)28/h3-8,13-14,18,26,29H,9-12,15H2,1-2H3. The van der Waals surface area contributed by atoms with Crippen LogP contribution in [0.3, 0.4) is 0 Å². The fraction of sp³-hybridized carbons (Fsp3) is 0.346. The van der Waals surface area contributed by atoms with Gasteiger partial charge in [0.2, 0.25) is 0 Å². The SMILES string of the molecule is Cc1nc(C2CCNCC2)ncc1-c1ccc2nc(C)n(Cc3ccccc3OC(F)F)c2c1. The second kappa shape index (κ2) is 9.46. The van der Waals surface area contributed by atoms with Gasteiger partial charge in [-0.3, -0.25) is 0 Å². The lowest BCUT2D eigenvalue weighted by Crippen LogP contribution is -2.27. The van der Waals surface area contributed by atoms with Gasteiger partial charge in [0.1, 0.15) is 17.4 Å². The number of aromatic nitrogens is 4. The number of halogens is 2. The van der Waals surface area contributed by atoms with Crippen molar-refractivity contribution >= 4 is 11.0 Å². The zero-order chi connectivity index (χ0) is 23.7. The number of rotatable bonds is 6. The molecule has 1 aliphatic rings. The number of benzene rings is 2. The van der Waals surface area contributed by atoms with Gasteiger partial charge in [0.25, 0.3) is 0 Å². The van der Waals surface area contributed by atoms with Gasteiger partial charge in [0.05, 0.1) is 17.6 Å². The summed E-state index contributed by atoms with van der Waals surface area (Å²) in [6.45, 7) is 3.44. The molecule has 34 heavy (non-hydrogen) atoms. The highest BCUT2D eigenvalue weighted by molar-refractivity contribution is 5.83. The van der Waals surface area contributed by atoms with E-state index in [9.17, 15) is 8.78 Å². The molecule has 176 valence electrons. The maximum atomic E-state index is 12.9. The molecule has 0 saturated carbocycles. The van der Waals surface area contributed by atoms with E-state index in [4.69, 9.17) is 14.7 Å². The molecular formula is C26H27F2N5O. The summed E-state index contributed by atoms with van der Waals surface area (Å²) in [5, 5.41) is 3.38. The Kier molecular flexibility index (Phi) is 6.24. The predicted molar refractivity (Wildman–Crippen MR) is 127 cm³/mol. The topological polar surface area (TPSA) is 64.9 Å². The molecular weight excluding hydrogens is 436 g/mol. The first-order valence-corrected chi connectivity index (χ1v) is 11.5. The molecule has 2 aromatic carbocycles. The Morgan fingerprint density at radius 2 is 1.88 bits per heavy atom. The van der Waals surface area contributed by atoms with Crippen molar-refractivity contribution in [3.05, 3.63) is 71.6 Å². The Bertz CT molecular complexity index is 1310. The van der Waals surface area contributed by atoms with Crippen molar-refractivity contribution in [1.82, 2.24) is 24.8 Å². The van der Waals surface area contributed by atoms with Crippen molar-refractivity contribution in [2.24, 2.45) is 0 Å². The van der Waals surface area contributed by atoms with Crippen LogP contribution < -0.4 is 10.1 Å². The van der Waals surface area contributed by atoms with Crippen molar-refractivity contribution in [3.63, 3.8) is 0 Å². The van der Waals surface area contributed by atoms with Crippen molar-refractivity contribution in [1.29, 1.82) is 0 Å². The number of aryl methyl sites for hydroxylation is 2. The fourth-order valence-corrected chi connectivity index (χ4v) is 4.67. The van der Waals surface area contributed by atoms with Crippen LogP contribution in [0.2, 0.25) is 0 Å². The Balaban J connectivity index is 1.49. The van der Waals surface area contributed by atoms with Crippen LogP contribution >= 0.6 is 0 Å². The molecule has 0 spiro atoms. The smallest absolute Gasteiger partial charge is 0.387 e. The van der Waals surface area contributed by atoms with Crippen LogP contribution in [-0.2, 0) is 6.54 Å². The van der Waals surface area contributed by atoms with Crippen LogP contribution in [0.4, 0.5) is 8.78 Å². The third-order valence-electron chi connectivity index (χ3n) is 6.47. The number of para-hydroxylation sites is 1. The number of imidazole rings is 1. The second-order valence-electron chi connectivity index (χ2n) is 8.69. The van der Waals surface area contributed by atoms with Gasteiger partial charge in [-0.2, -0.15) is 8.78 Å². The van der Waals surface area contributed by atoms with E-state index in [1.165, 1.54) is 0 Å². The summed E-state index contributed by atoms with van der Waals surface area (Å²) in [6.07, 6.45) is 4.03. The summed E-state index contributed by atoms with van der Waals surface area (Å²) in [6, 6.07) is 12.9. The normalized spacial score (nSPS) is 14.7. The van der Waals surface area contributed by atoms with E-state index in [0.717, 1.165) is 65.4 Å². The first-order chi connectivity index (χ1) is 16.5. The molecule has 1 fully saturated rings. The summed E-state index contributed by atoms with van der Waals surface area (Å²) in [5.41, 5.74) is 5.36. The van der Waals surface area contributed by atoms with Gasteiger partial charge < -0.3 is 14.6 Å². The number of alkyl halides is 2. The van der Waals surface area contributed by atoms with Crippen LogP contribution in [0.5, 0.6) is 5.75 Å². The minimum atomic E-state index is -2.87. The molecule has 2 aromatic heterocycles. The van der Waals surface area contributed by atoms with Crippen LogP contribution in [0.25, 0.3) is 22.2 Å². The van der Waals surface area contributed by atoms with Crippen LogP contribution in [0, 0.1) is 13.8 Å². The van der Waals surface area contributed by atoms with E-state index in [1.54, 1.807) is 18.2 Å². The van der Waals surface area contributed by atoms with E-state index >= 15 is 0 Å². The number of fused-ring (bicyclic) bond motifs is 1. The van der Waals surface area contributed by atoms with Crippen LogP contribution in [0.15, 0.2) is 48.7 Å². The zero-order valence-electron chi connectivity index (χ0n) is 19.3. The number of nitrogens with zero attached hydrogens (tertiary/aromatic N) is 4. The third-order valence-corrected chi connectivity index (χ3v) is 6.47. The Morgan fingerprint density at radius 3 is 2.65 bits per heavy atom. The summed E-state index contributed by atoms with van der Waals surface area (Å²) in [4.78, 5) is 14.2. The van der Waals surface area contributed by atoms with Gasteiger partial charge in [-0.15, -0.1) is 0 Å². The predicted octanol–water partition coefficient (Wildman–Crippen LogP) is 5.23. The van der Waals surface area contributed by atoms with Gasteiger partial charge >= 0.3 is 6.61 Å². The molecule has 1 saturated heterocycles. The summed E-state index contributed by atoms with van der Waals surface area (Å²) in [5.74, 6) is 2.29. The molecule has 8 heteroatoms. The second-order valence-corrected chi connectivity index (χ2v) is 8.69. The van der Waals surface area contributed by atoms with Crippen molar-refractivity contribution < 1.29 is 13.5 Å². The minimum absolute atomic E-state index is 0.174. The van der Waals surface area contributed by atoms with Gasteiger partial charge in [0.15, 0.2) is 0 Å². The maximum absolute atomic E-state index is 12.9. The molecule has 6 nitrogen and oxygen atoms in total. The average Bonchev–Trinajstić information content (AvgIpc) is 3.14. The highest BCUT2D eigenvalue weighted by Gasteiger charge is 2.19. The Labute approximate surface area is 197 Å². The van der Waals surface area contributed by atoms with Gasteiger partial charge in [-0.1, -0.05) is 24.3 Å². The lowest BCUT2D eigenvalue weighted by molar-refractivity contribution is -0.0504. The summed E-state index contributed by atoms with van der Waals surface area (Å²) in [7, 11) is 0. The number of piperidine rings is 1. The molecule has 1 N–H and O–H groups in total. The molecule has 0 unspecified atom stereocenters. The van der Waals surface area contributed by atoms with Gasteiger partial charge in [-0.05, 0) is 63.5 Å². The Hall–Kier alpha value is -3.39. The van der Waals surface area contributed by atoms with E-state index in [1.807, 2.05) is 42.8 Å². The average molecular weight is 464 g/mol. The molecule has 3 heterocycles. The third kappa shape index (κ3) is 4.50.